The first-order chi connectivity index (χ1) is 9.15. The van der Waals surface area contributed by atoms with Crippen LogP contribution in [0, 0.1) is 6.92 Å². The van der Waals surface area contributed by atoms with Crippen LogP contribution in [0.25, 0.3) is 10.8 Å². The quantitative estimate of drug-likeness (QED) is 0.805. The van der Waals surface area contributed by atoms with E-state index < -0.39 is 0 Å². The molecule has 100 valence electrons. The van der Waals surface area contributed by atoms with Crippen molar-refractivity contribution in [1.82, 2.24) is 9.88 Å². The number of anilines is 1. The van der Waals surface area contributed by atoms with Crippen LogP contribution < -0.4 is 4.90 Å². The molecule has 3 nitrogen and oxygen atoms in total. The number of nitrogens with zero attached hydrogens (tertiary/aromatic N) is 3. The van der Waals surface area contributed by atoms with Crippen LogP contribution in [0.3, 0.4) is 0 Å². The Hall–Kier alpha value is -1.13. The third-order valence-electron chi connectivity index (χ3n) is 3.76. The second kappa shape index (κ2) is 5.10. The summed E-state index contributed by atoms with van der Waals surface area (Å²) in [5, 5.41) is 2.49. The molecule has 2 heterocycles. The fraction of sp³-hybridized carbons (Fsp3) is 0.400. The summed E-state index contributed by atoms with van der Waals surface area (Å²) in [6.45, 7) is 6.43. The molecule has 0 N–H and O–H groups in total. The van der Waals surface area contributed by atoms with Gasteiger partial charge in [0.05, 0.1) is 0 Å². The van der Waals surface area contributed by atoms with Gasteiger partial charge in [-0.05, 0) is 37.7 Å². The SMILES string of the molecule is Cc1cc(Br)c2ccnc(N3CCN(C)CC3)c2c1. The van der Waals surface area contributed by atoms with Crippen molar-refractivity contribution in [2.24, 2.45) is 0 Å². The summed E-state index contributed by atoms with van der Waals surface area (Å²) in [4.78, 5) is 9.39. The largest absolute Gasteiger partial charge is 0.354 e. The molecule has 1 aromatic carbocycles. The number of aryl methyl sites for hydroxylation is 1. The molecule has 0 saturated carbocycles. The fourth-order valence-electron chi connectivity index (χ4n) is 2.63. The zero-order valence-electron chi connectivity index (χ0n) is 11.4. The first-order valence-corrected chi connectivity index (χ1v) is 7.43. The summed E-state index contributed by atoms with van der Waals surface area (Å²) >= 11 is 3.66. The van der Waals surface area contributed by atoms with Crippen LogP contribution in [0.5, 0.6) is 0 Å². The van der Waals surface area contributed by atoms with E-state index >= 15 is 0 Å². The highest BCUT2D eigenvalue weighted by Gasteiger charge is 2.17. The number of halogens is 1. The van der Waals surface area contributed by atoms with Crippen LogP contribution in [0.15, 0.2) is 28.9 Å². The number of rotatable bonds is 1. The number of hydrogen-bond acceptors (Lipinski definition) is 3. The molecular formula is C15H18BrN3. The Morgan fingerprint density at radius 2 is 1.84 bits per heavy atom. The minimum Gasteiger partial charge on any atom is -0.354 e. The van der Waals surface area contributed by atoms with Gasteiger partial charge in [0.1, 0.15) is 5.82 Å². The molecule has 1 aliphatic heterocycles. The van der Waals surface area contributed by atoms with Crippen molar-refractivity contribution in [2.45, 2.75) is 6.92 Å². The lowest BCUT2D eigenvalue weighted by Crippen LogP contribution is -2.44. The van der Waals surface area contributed by atoms with Crippen LogP contribution >= 0.6 is 15.9 Å². The maximum atomic E-state index is 4.62. The fourth-order valence-corrected chi connectivity index (χ4v) is 3.34. The molecule has 0 spiro atoms. The van der Waals surface area contributed by atoms with Gasteiger partial charge in [0.25, 0.3) is 0 Å². The zero-order chi connectivity index (χ0) is 13.4. The maximum absolute atomic E-state index is 4.62. The van der Waals surface area contributed by atoms with Crippen LogP contribution in [0.4, 0.5) is 5.82 Å². The highest BCUT2D eigenvalue weighted by Crippen LogP contribution is 2.31. The smallest absolute Gasteiger partial charge is 0.136 e. The predicted octanol–water partition coefficient (Wildman–Crippen LogP) is 3.06. The molecule has 0 aliphatic carbocycles. The van der Waals surface area contributed by atoms with E-state index in [0.717, 1.165) is 36.5 Å². The number of benzene rings is 1. The Morgan fingerprint density at radius 3 is 2.58 bits per heavy atom. The molecule has 19 heavy (non-hydrogen) atoms. The Kier molecular flexibility index (Phi) is 3.46. The van der Waals surface area contributed by atoms with Gasteiger partial charge < -0.3 is 9.80 Å². The average Bonchev–Trinajstić information content (AvgIpc) is 2.39. The molecule has 1 fully saturated rings. The molecule has 3 rings (SSSR count). The molecular weight excluding hydrogens is 302 g/mol. The molecule has 1 aromatic heterocycles. The topological polar surface area (TPSA) is 19.4 Å². The monoisotopic (exact) mass is 319 g/mol. The summed E-state index contributed by atoms with van der Waals surface area (Å²) in [6.07, 6.45) is 1.91. The second-order valence-electron chi connectivity index (χ2n) is 5.27. The number of fused-ring (bicyclic) bond motifs is 1. The molecule has 2 aromatic rings. The van der Waals surface area contributed by atoms with Crippen molar-refractivity contribution in [3.05, 3.63) is 34.4 Å². The summed E-state index contributed by atoms with van der Waals surface area (Å²) in [5.74, 6) is 1.12. The van der Waals surface area contributed by atoms with E-state index in [1.807, 2.05) is 6.20 Å². The minimum atomic E-state index is 1.05. The minimum absolute atomic E-state index is 1.05. The van der Waals surface area contributed by atoms with Gasteiger partial charge in [0.2, 0.25) is 0 Å². The van der Waals surface area contributed by atoms with Gasteiger partial charge in [0.15, 0.2) is 0 Å². The van der Waals surface area contributed by atoms with Crippen LogP contribution in [0.2, 0.25) is 0 Å². The second-order valence-corrected chi connectivity index (χ2v) is 6.12. The summed E-state index contributed by atoms with van der Waals surface area (Å²) < 4.78 is 1.15. The number of pyridine rings is 1. The van der Waals surface area contributed by atoms with Gasteiger partial charge in [-0.2, -0.15) is 0 Å². The van der Waals surface area contributed by atoms with Gasteiger partial charge in [-0.15, -0.1) is 0 Å². The third-order valence-corrected chi connectivity index (χ3v) is 4.41. The number of aromatic nitrogens is 1. The normalized spacial score (nSPS) is 17.1. The van der Waals surface area contributed by atoms with E-state index in [4.69, 9.17) is 0 Å². The van der Waals surface area contributed by atoms with Gasteiger partial charge in [-0.1, -0.05) is 15.9 Å². The van der Waals surface area contributed by atoms with Crippen molar-refractivity contribution >= 4 is 32.5 Å². The van der Waals surface area contributed by atoms with E-state index in [1.165, 1.54) is 16.3 Å². The van der Waals surface area contributed by atoms with Crippen molar-refractivity contribution < 1.29 is 0 Å². The van der Waals surface area contributed by atoms with Crippen LogP contribution in [0.1, 0.15) is 5.56 Å². The van der Waals surface area contributed by atoms with E-state index in [1.54, 1.807) is 0 Å². The Labute approximate surface area is 122 Å². The van der Waals surface area contributed by atoms with E-state index in [9.17, 15) is 0 Å². The molecule has 0 amide bonds. The van der Waals surface area contributed by atoms with Crippen LogP contribution in [-0.2, 0) is 0 Å². The number of likely N-dealkylation sites (N-methyl/N-ethyl adjacent to an activating group) is 1. The molecule has 1 saturated heterocycles. The van der Waals surface area contributed by atoms with Crippen molar-refractivity contribution in [2.75, 3.05) is 38.1 Å². The number of hydrogen-bond donors (Lipinski definition) is 0. The van der Waals surface area contributed by atoms with E-state index in [2.05, 4.69) is 62.9 Å². The van der Waals surface area contributed by atoms with E-state index in [0.29, 0.717) is 0 Å². The summed E-state index contributed by atoms with van der Waals surface area (Å²) in [6, 6.07) is 6.48. The number of piperazine rings is 1. The standard InChI is InChI=1S/C15H18BrN3/c1-11-9-13-12(14(16)10-11)3-4-17-15(13)19-7-5-18(2)6-8-19/h3-4,9-10H,5-8H2,1-2H3. The lowest BCUT2D eigenvalue weighted by Gasteiger charge is -2.33. The molecule has 1 aliphatic rings. The molecule has 0 bridgehead atoms. The Morgan fingerprint density at radius 1 is 1.11 bits per heavy atom. The highest BCUT2D eigenvalue weighted by atomic mass is 79.9. The summed E-state index contributed by atoms with van der Waals surface area (Å²) in [7, 11) is 2.18. The van der Waals surface area contributed by atoms with Gasteiger partial charge >= 0.3 is 0 Å². The van der Waals surface area contributed by atoms with E-state index in [-0.39, 0.29) is 0 Å². The first-order valence-electron chi connectivity index (χ1n) is 6.63. The molecule has 0 atom stereocenters. The maximum Gasteiger partial charge on any atom is 0.136 e. The van der Waals surface area contributed by atoms with Crippen molar-refractivity contribution in [3.63, 3.8) is 0 Å². The Balaban J connectivity index is 2.08. The van der Waals surface area contributed by atoms with Gasteiger partial charge in [-0.3, -0.25) is 0 Å². The van der Waals surface area contributed by atoms with Gasteiger partial charge in [-0.25, -0.2) is 4.98 Å². The van der Waals surface area contributed by atoms with Gasteiger partial charge in [0, 0.05) is 47.6 Å². The Bertz CT molecular complexity index is 604. The summed E-state index contributed by atoms with van der Waals surface area (Å²) in [5.41, 5.74) is 1.27. The molecule has 0 unspecified atom stereocenters. The highest BCUT2D eigenvalue weighted by molar-refractivity contribution is 9.10. The zero-order valence-corrected chi connectivity index (χ0v) is 12.9. The van der Waals surface area contributed by atoms with Crippen LogP contribution in [-0.4, -0.2) is 43.1 Å². The average molecular weight is 320 g/mol. The van der Waals surface area contributed by atoms with Crippen molar-refractivity contribution in [3.8, 4) is 0 Å². The lowest BCUT2D eigenvalue weighted by atomic mass is 10.1. The third kappa shape index (κ3) is 2.47. The molecule has 0 radical (unpaired) electrons. The molecule has 4 heteroatoms. The van der Waals surface area contributed by atoms with Crippen molar-refractivity contribution in [1.29, 1.82) is 0 Å². The predicted molar refractivity (Wildman–Crippen MR) is 83.9 cm³/mol. The first kappa shape index (κ1) is 12.9. The lowest BCUT2D eigenvalue weighted by molar-refractivity contribution is 0.312.